The lowest BCUT2D eigenvalue weighted by molar-refractivity contribution is 0.475. The smallest absolute Gasteiger partial charge is 0.155 e. The van der Waals surface area contributed by atoms with Gasteiger partial charge in [0.2, 0.25) is 0 Å². The molecule has 0 saturated heterocycles. The minimum Gasteiger partial charge on any atom is -0.508 e. The Balaban J connectivity index is 1.80. The highest BCUT2D eigenvalue weighted by molar-refractivity contribution is 5.94. The molecular weight excluding hydrogens is 361 g/mol. The maximum Gasteiger partial charge on any atom is 0.155 e. The van der Waals surface area contributed by atoms with E-state index in [9.17, 15) is 5.11 Å². The standard InChI is InChI=1S/C26H26FNO/c1-3-5-7-17-10-12-18(13-11-17)22-14-15-23-21(4-2)25(28-26(23)24(22)27)19-8-6-9-20(29)16-19/h6,8-16,28-29H,3-5,7H2,1-2H3. The van der Waals surface area contributed by atoms with E-state index in [0.717, 1.165) is 40.6 Å². The predicted octanol–water partition coefficient (Wildman–Crippen LogP) is 7.25. The minimum atomic E-state index is -0.232. The molecule has 0 aliphatic heterocycles. The van der Waals surface area contributed by atoms with Gasteiger partial charge in [-0.2, -0.15) is 0 Å². The van der Waals surface area contributed by atoms with Gasteiger partial charge >= 0.3 is 0 Å². The van der Waals surface area contributed by atoms with E-state index in [0.29, 0.717) is 11.1 Å². The van der Waals surface area contributed by atoms with Crippen LogP contribution < -0.4 is 0 Å². The third-order valence-electron chi connectivity index (χ3n) is 5.59. The molecule has 1 aromatic heterocycles. The third-order valence-corrected chi connectivity index (χ3v) is 5.59. The van der Waals surface area contributed by atoms with Crippen molar-refractivity contribution in [3.05, 3.63) is 77.6 Å². The Bertz CT molecular complexity index is 1140. The largest absolute Gasteiger partial charge is 0.508 e. The summed E-state index contributed by atoms with van der Waals surface area (Å²) in [7, 11) is 0. The van der Waals surface area contributed by atoms with Gasteiger partial charge in [0.25, 0.3) is 0 Å². The van der Waals surface area contributed by atoms with Crippen LogP contribution in [-0.4, -0.2) is 10.1 Å². The molecule has 0 saturated carbocycles. The van der Waals surface area contributed by atoms with Crippen LogP contribution in [0.5, 0.6) is 5.75 Å². The van der Waals surface area contributed by atoms with Crippen molar-refractivity contribution in [1.29, 1.82) is 0 Å². The number of unbranched alkanes of at least 4 members (excludes halogenated alkanes) is 1. The first-order valence-electron chi connectivity index (χ1n) is 10.3. The van der Waals surface area contributed by atoms with Crippen LogP contribution in [-0.2, 0) is 12.8 Å². The summed E-state index contributed by atoms with van der Waals surface area (Å²) in [6, 6.07) is 19.2. The third kappa shape index (κ3) is 3.65. The molecule has 4 rings (SSSR count). The van der Waals surface area contributed by atoms with Gasteiger partial charge in [-0.05, 0) is 48.1 Å². The summed E-state index contributed by atoms with van der Waals surface area (Å²) in [5.41, 5.74) is 6.08. The average Bonchev–Trinajstić information content (AvgIpc) is 3.13. The van der Waals surface area contributed by atoms with E-state index in [1.807, 2.05) is 30.3 Å². The van der Waals surface area contributed by atoms with Crippen LogP contribution in [0.3, 0.4) is 0 Å². The lowest BCUT2D eigenvalue weighted by atomic mass is 9.98. The zero-order valence-corrected chi connectivity index (χ0v) is 16.9. The molecule has 2 N–H and O–H groups in total. The van der Waals surface area contributed by atoms with Gasteiger partial charge in [0.15, 0.2) is 5.82 Å². The van der Waals surface area contributed by atoms with Crippen molar-refractivity contribution in [2.24, 2.45) is 0 Å². The molecule has 0 atom stereocenters. The predicted molar refractivity (Wildman–Crippen MR) is 119 cm³/mol. The fourth-order valence-corrected chi connectivity index (χ4v) is 4.01. The van der Waals surface area contributed by atoms with Crippen molar-refractivity contribution in [2.45, 2.75) is 39.5 Å². The molecule has 0 fully saturated rings. The van der Waals surface area contributed by atoms with Crippen LogP contribution in [0.15, 0.2) is 60.7 Å². The lowest BCUT2D eigenvalue weighted by Crippen LogP contribution is -1.89. The number of fused-ring (bicyclic) bond motifs is 1. The van der Waals surface area contributed by atoms with Crippen LogP contribution in [0, 0.1) is 5.82 Å². The van der Waals surface area contributed by atoms with Gasteiger partial charge in [0.1, 0.15) is 5.75 Å². The highest BCUT2D eigenvalue weighted by Gasteiger charge is 2.17. The second kappa shape index (κ2) is 8.12. The molecule has 0 bridgehead atoms. The number of aromatic amines is 1. The number of aromatic nitrogens is 1. The fraction of sp³-hybridized carbons (Fsp3) is 0.231. The van der Waals surface area contributed by atoms with Crippen molar-refractivity contribution in [3.63, 3.8) is 0 Å². The van der Waals surface area contributed by atoms with Gasteiger partial charge in [-0.15, -0.1) is 0 Å². The van der Waals surface area contributed by atoms with Gasteiger partial charge in [-0.3, -0.25) is 0 Å². The molecule has 4 aromatic rings. The Labute approximate surface area is 171 Å². The summed E-state index contributed by atoms with van der Waals surface area (Å²) in [5, 5.41) is 10.7. The summed E-state index contributed by atoms with van der Waals surface area (Å²) >= 11 is 0. The number of aromatic hydroxyl groups is 1. The number of nitrogens with one attached hydrogen (secondary N) is 1. The van der Waals surface area contributed by atoms with Crippen LogP contribution in [0.25, 0.3) is 33.3 Å². The van der Waals surface area contributed by atoms with Crippen molar-refractivity contribution >= 4 is 10.9 Å². The van der Waals surface area contributed by atoms with Gasteiger partial charge in [-0.25, -0.2) is 4.39 Å². The number of rotatable bonds is 6. The number of aryl methyl sites for hydroxylation is 2. The first-order chi connectivity index (χ1) is 14.1. The Morgan fingerprint density at radius 1 is 0.931 bits per heavy atom. The van der Waals surface area contributed by atoms with E-state index < -0.39 is 0 Å². The van der Waals surface area contributed by atoms with E-state index >= 15 is 4.39 Å². The maximum atomic E-state index is 15.5. The van der Waals surface area contributed by atoms with E-state index in [-0.39, 0.29) is 11.6 Å². The van der Waals surface area contributed by atoms with Crippen LogP contribution in [0.4, 0.5) is 4.39 Å². The minimum absolute atomic E-state index is 0.201. The quantitative estimate of drug-likeness (QED) is 0.359. The number of hydrogen-bond acceptors (Lipinski definition) is 1. The van der Waals surface area contributed by atoms with Crippen LogP contribution in [0.2, 0.25) is 0 Å². The monoisotopic (exact) mass is 387 g/mol. The molecule has 0 amide bonds. The van der Waals surface area contributed by atoms with Crippen LogP contribution in [0.1, 0.15) is 37.8 Å². The van der Waals surface area contributed by atoms with Crippen LogP contribution >= 0.6 is 0 Å². The second-order valence-corrected chi connectivity index (χ2v) is 7.53. The molecule has 1 heterocycles. The highest BCUT2D eigenvalue weighted by atomic mass is 19.1. The molecule has 0 radical (unpaired) electrons. The first kappa shape index (κ1) is 19.3. The molecule has 0 unspecified atom stereocenters. The molecule has 2 nitrogen and oxygen atoms in total. The molecule has 0 spiro atoms. The normalized spacial score (nSPS) is 11.3. The summed E-state index contributed by atoms with van der Waals surface area (Å²) in [6.07, 6.45) is 4.17. The molecule has 0 aliphatic carbocycles. The Hall–Kier alpha value is -3.07. The molecule has 148 valence electrons. The summed E-state index contributed by atoms with van der Waals surface area (Å²) < 4.78 is 15.5. The summed E-state index contributed by atoms with van der Waals surface area (Å²) in [6.45, 7) is 4.25. The van der Waals surface area contributed by atoms with E-state index in [1.165, 1.54) is 18.4 Å². The van der Waals surface area contributed by atoms with Crippen molar-refractivity contribution in [3.8, 4) is 28.1 Å². The molecule has 3 aromatic carbocycles. The Morgan fingerprint density at radius 2 is 1.72 bits per heavy atom. The van der Waals surface area contributed by atoms with E-state index in [1.54, 1.807) is 18.2 Å². The van der Waals surface area contributed by atoms with Crippen molar-refractivity contribution in [1.82, 2.24) is 4.98 Å². The van der Waals surface area contributed by atoms with Gasteiger partial charge in [0.05, 0.1) is 5.52 Å². The number of benzene rings is 3. The van der Waals surface area contributed by atoms with Crippen molar-refractivity contribution in [2.75, 3.05) is 0 Å². The second-order valence-electron chi connectivity index (χ2n) is 7.53. The Morgan fingerprint density at radius 3 is 2.41 bits per heavy atom. The summed E-state index contributed by atoms with van der Waals surface area (Å²) in [5.74, 6) is -0.0301. The molecular formula is C26H26FNO. The van der Waals surface area contributed by atoms with E-state index in [4.69, 9.17) is 0 Å². The molecule has 0 aliphatic rings. The number of phenolic OH excluding ortho intramolecular Hbond substituents is 1. The van der Waals surface area contributed by atoms with Gasteiger partial charge in [0, 0.05) is 22.2 Å². The first-order valence-corrected chi connectivity index (χ1v) is 10.3. The zero-order valence-electron chi connectivity index (χ0n) is 16.9. The summed E-state index contributed by atoms with van der Waals surface area (Å²) in [4.78, 5) is 3.29. The van der Waals surface area contributed by atoms with Gasteiger partial charge in [-0.1, -0.05) is 68.8 Å². The molecule has 29 heavy (non-hydrogen) atoms. The van der Waals surface area contributed by atoms with E-state index in [2.05, 4.69) is 31.0 Å². The van der Waals surface area contributed by atoms with Gasteiger partial charge < -0.3 is 10.1 Å². The number of H-pyrrole nitrogens is 1. The zero-order chi connectivity index (χ0) is 20.4. The number of halogens is 1. The topological polar surface area (TPSA) is 36.0 Å². The molecule has 3 heteroatoms. The highest BCUT2D eigenvalue weighted by Crippen LogP contribution is 2.36. The average molecular weight is 387 g/mol. The fourth-order valence-electron chi connectivity index (χ4n) is 4.01. The SMILES string of the molecule is CCCCc1ccc(-c2ccc3c(CC)c(-c4cccc(O)c4)[nH]c3c2F)cc1. The Kier molecular flexibility index (Phi) is 5.39. The number of phenols is 1. The lowest BCUT2D eigenvalue weighted by Gasteiger charge is -2.07. The number of hydrogen-bond donors (Lipinski definition) is 2. The maximum absolute atomic E-state index is 15.5. The van der Waals surface area contributed by atoms with Crippen molar-refractivity contribution < 1.29 is 9.50 Å².